The highest BCUT2D eigenvalue weighted by Gasteiger charge is 2.21. The van der Waals surface area contributed by atoms with E-state index >= 15 is 0 Å². The first-order valence-corrected chi connectivity index (χ1v) is 4.76. The number of nitro groups is 1. The van der Waals surface area contributed by atoms with Gasteiger partial charge in [0.25, 0.3) is 5.69 Å². The number of hydrogen-bond donors (Lipinski definition) is 0. The van der Waals surface area contributed by atoms with E-state index < -0.39 is 22.0 Å². The van der Waals surface area contributed by atoms with Crippen LogP contribution < -0.4 is 4.74 Å². The number of rotatable bonds is 3. The highest BCUT2D eigenvalue weighted by atomic mass is 35.5. The van der Waals surface area contributed by atoms with Crippen molar-refractivity contribution in [3.63, 3.8) is 0 Å². The summed E-state index contributed by atoms with van der Waals surface area (Å²) in [6.07, 6.45) is 0. The highest BCUT2D eigenvalue weighted by Crippen LogP contribution is 2.32. The smallest absolute Gasteiger partial charge is 0.291 e. The standard InChI is InChI=1S/C10H10ClFNO3/c1-10(2,3)16-9-4-6(11)8(13(14)15)5-7(9)12/h4-5H,1H2,2-3H3. The molecule has 1 rings (SSSR count). The fourth-order valence-electron chi connectivity index (χ4n) is 1.03. The van der Waals surface area contributed by atoms with Gasteiger partial charge in [-0.3, -0.25) is 10.1 Å². The second-order valence-corrected chi connectivity index (χ2v) is 4.26. The number of halogens is 2. The molecule has 4 nitrogen and oxygen atoms in total. The van der Waals surface area contributed by atoms with Crippen molar-refractivity contribution in [1.29, 1.82) is 0 Å². The van der Waals surface area contributed by atoms with Crippen LogP contribution in [0.1, 0.15) is 13.8 Å². The predicted octanol–water partition coefficient (Wildman–Crippen LogP) is 3.38. The van der Waals surface area contributed by atoms with E-state index in [-0.39, 0.29) is 10.8 Å². The maximum absolute atomic E-state index is 13.4. The molecular formula is C10H10ClFNO3. The Balaban J connectivity index is 3.16. The van der Waals surface area contributed by atoms with Crippen LogP contribution in [0.5, 0.6) is 5.75 Å². The Morgan fingerprint density at radius 2 is 2.12 bits per heavy atom. The lowest BCUT2D eigenvalue weighted by atomic mass is 10.2. The van der Waals surface area contributed by atoms with Gasteiger partial charge in [-0.2, -0.15) is 0 Å². The number of nitrogens with zero attached hydrogens (tertiary/aromatic N) is 1. The van der Waals surface area contributed by atoms with Crippen LogP contribution in [0.4, 0.5) is 10.1 Å². The minimum atomic E-state index is -0.847. The molecule has 0 aliphatic heterocycles. The number of benzene rings is 1. The summed E-state index contributed by atoms with van der Waals surface area (Å²) in [4.78, 5) is 9.71. The highest BCUT2D eigenvalue weighted by molar-refractivity contribution is 6.32. The van der Waals surface area contributed by atoms with Gasteiger partial charge in [-0.05, 0) is 20.8 Å². The van der Waals surface area contributed by atoms with E-state index in [9.17, 15) is 14.5 Å². The van der Waals surface area contributed by atoms with E-state index in [1.54, 1.807) is 13.8 Å². The molecule has 87 valence electrons. The summed E-state index contributed by atoms with van der Waals surface area (Å²) >= 11 is 5.62. The first-order valence-electron chi connectivity index (χ1n) is 4.38. The molecule has 1 aromatic carbocycles. The van der Waals surface area contributed by atoms with Gasteiger partial charge >= 0.3 is 0 Å². The largest absolute Gasteiger partial charge is 0.485 e. The van der Waals surface area contributed by atoms with Gasteiger partial charge in [0, 0.05) is 6.07 Å². The van der Waals surface area contributed by atoms with E-state index in [0.29, 0.717) is 0 Å². The molecule has 0 spiro atoms. The second kappa shape index (κ2) is 4.25. The zero-order valence-electron chi connectivity index (χ0n) is 8.79. The van der Waals surface area contributed by atoms with Crippen LogP contribution in [-0.2, 0) is 0 Å². The van der Waals surface area contributed by atoms with Gasteiger partial charge in [-0.25, -0.2) is 4.39 Å². The molecule has 0 aromatic heterocycles. The zero-order chi connectivity index (χ0) is 12.5. The van der Waals surface area contributed by atoms with Crippen molar-refractivity contribution in [1.82, 2.24) is 0 Å². The van der Waals surface area contributed by atoms with E-state index in [1.165, 1.54) is 0 Å². The molecule has 0 fully saturated rings. The first-order chi connectivity index (χ1) is 7.20. The molecule has 0 amide bonds. The van der Waals surface area contributed by atoms with Crippen LogP contribution >= 0.6 is 11.6 Å². The molecule has 16 heavy (non-hydrogen) atoms. The third-order valence-electron chi connectivity index (χ3n) is 1.58. The average molecular weight is 247 g/mol. The normalized spacial score (nSPS) is 11.3. The summed E-state index contributed by atoms with van der Waals surface area (Å²) in [5.41, 5.74) is -1.34. The minimum Gasteiger partial charge on any atom is -0.485 e. The van der Waals surface area contributed by atoms with Gasteiger partial charge in [0.1, 0.15) is 10.6 Å². The molecule has 0 bridgehead atoms. The molecule has 1 radical (unpaired) electrons. The Bertz CT molecular complexity index is 429. The molecule has 6 heteroatoms. The lowest BCUT2D eigenvalue weighted by molar-refractivity contribution is -0.384. The second-order valence-electron chi connectivity index (χ2n) is 3.85. The van der Waals surface area contributed by atoms with Gasteiger partial charge in [0.15, 0.2) is 11.6 Å². The van der Waals surface area contributed by atoms with Crippen molar-refractivity contribution in [3.8, 4) is 5.75 Å². The molecule has 0 heterocycles. The van der Waals surface area contributed by atoms with E-state index in [1.807, 2.05) is 0 Å². The summed E-state index contributed by atoms with van der Waals surface area (Å²) in [5, 5.41) is 10.3. The van der Waals surface area contributed by atoms with Crippen molar-refractivity contribution >= 4 is 17.3 Å². The number of hydrogen-bond acceptors (Lipinski definition) is 3. The number of nitro benzene ring substituents is 1. The molecule has 0 aliphatic rings. The van der Waals surface area contributed by atoms with E-state index in [4.69, 9.17) is 16.3 Å². The average Bonchev–Trinajstić information content (AvgIpc) is 2.07. The molecule has 0 saturated heterocycles. The quantitative estimate of drug-likeness (QED) is 0.607. The maximum Gasteiger partial charge on any atom is 0.291 e. The molecule has 1 aromatic rings. The van der Waals surface area contributed by atoms with Gasteiger partial charge in [-0.1, -0.05) is 11.6 Å². The Labute approximate surface area is 97.1 Å². The topological polar surface area (TPSA) is 52.4 Å². The van der Waals surface area contributed by atoms with E-state index in [0.717, 1.165) is 12.1 Å². The van der Waals surface area contributed by atoms with Crippen LogP contribution in [0, 0.1) is 22.9 Å². The predicted molar refractivity (Wildman–Crippen MR) is 58.1 cm³/mol. The van der Waals surface area contributed by atoms with E-state index in [2.05, 4.69) is 6.92 Å². The molecule has 0 N–H and O–H groups in total. The van der Waals surface area contributed by atoms with Crippen molar-refractivity contribution in [2.45, 2.75) is 19.4 Å². The zero-order valence-corrected chi connectivity index (χ0v) is 9.55. The van der Waals surface area contributed by atoms with Crippen molar-refractivity contribution in [2.24, 2.45) is 0 Å². The van der Waals surface area contributed by atoms with Crippen LogP contribution in [0.25, 0.3) is 0 Å². The Kier molecular flexibility index (Phi) is 3.38. The van der Waals surface area contributed by atoms with Crippen molar-refractivity contribution < 1.29 is 14.1 Å². The SMILES string of the molecule is [CH2]C(C)(C)Oc1cc(Cl)c([N+](=O)[O-])cc1F. The van der Waals surface area contributed by atoms with Crippen LogP contribution in [0.15, 0.2) is 12.1 Å². The summed E-state index contributed by atoms with van der Waals surface area (Å²) in [6, 6.07) is 1.80. The van der Waals surface area contributed by atoms with Crippen LogP contribution in [0.3, 0.4) is 0 Å². The molecule has 0 atom stereocenters. The summed E-state index contributed by atoms with van der Waals surface area (Å²) in [5.74, 6) is -0.997. The van der Waals surface area contributed by atoms with Gasteiger partial charge < -0.3 is 4.74 Å². The van der Waals surface area contributed by atoms with Gasteiger partial charge in [0.2, 0.25) is 0 Å². The van der Waals surface area contributed by atoms with Crippen molar-refractivity contribution in [3.05, 3.63) is 40.0 Å². The lowest BCUT2D eigenvalue weighted by Gasteiger charge is -2.21. The monoisotopic (exact) mass is 246 g/mol. The summed E-state index contributed by atoms with van der Waals surface area (Å²) < 4.78 is 18.6. The van der Waals surface area contributed by atoms with Gasteiger partial charge in [-0.15, -0.1) is 0 Å². The summed E-state index contributed by atoms with van der Waals surface area (Å²) in [7, 11) is 0. The molecule has 0 aliphatic carbocycles. The Morgan fingerprint density at radius 1 is 1.56 bits per heavy atom. The van der Waals surface area contributed by atoms with Gasteiger partial charge in [0.05, 0.1) is 11.0 Å². The Morgan fingerprint density at radius 3 is 2.56 bits per heavy atom. The summed E-state index contributed by atoms with van der Waals surface area (Å²) in [6.45, 7) is 6.88. The lowest BCUT2D eigenvalue weighted by Crippen LogP contribution is -2.24. The third-order valence-corrected chi connectivity index (χ3v) is 1.89. The molecule has 0 saturated carbocycles. The molecule has 0 unspecified atom stereocenters. The minimum absolute atomic E-state index is 0.157. The number of ether oxygens (including phenoxy) is 1. The van der Waals surface area contributed by atoms with Crippen LogP contribution in [-0.4, -0.2) is 10.5 Å². The fourth-order valence-corrected chi connectivity index (χ4v) is 1.26. The maximum atomic E-state index is 13.4. The molecular weight excluding hydrogens is 237 g/mol. The van der Waals surface area contributed by atoms with Crippen LogP contribution in [0.2, 0.25) is 5.02 Å². The first kappa shape index (κ1) is 12.7. The third kappa shape index (κ3) is 3.06. The van der Waals surface area contributed by atoms with Crippen molar-refractivity contribution in [2.75, 3.05) is 0 Å². The Hall–Kier alpha value is -1.36. The fraction of sp³-hybridized carbons (Fsp3) is 0.300.